The van der Waals surface area contributed by atoms with E-state index in [1.165, 1.54) is 0 Å². The lowest BCUT2D eigenvalue weighted by Gasteiger charge is -2.11. The summed E-state index contributed by atoms with van der Waals surface area (Å²) in [6.45, 7) is 0. The van der Waals surface area contributed by atoms with Crippen molar-refractivity contribution in [2.45, 2.75) is 0 Å². The van der Waals surface area contributed by atoms with E-state index in [0.717, 1.165) is 0 Å². The second-order valence-corrected chi connectivity index (χ2v) is 3.92. The van der Waals surface area contributed by atoms with Gasteiger partial charge in [-0.15, -0.1) is 0 Å². The van der Waals surface area contributed by atoms with E-state index in [2.05, 4.69) is 5.16 Å². The number of amidine groups is 1. The first-order chi connectivity index (χ1) is 8.72. The number of hydrogen-bond acceptors (Lipinski definition) is 3. The Kier molecular flexibility index (Phi) is 3.69. The Labute approximate surface area is 109 Å². The molecular weight excluding hydrogens is 252 g/mol. The van der Waals surface area contributed by atoms with Crippen LogP contribution < -0.4 is 10.5 Å². The highest BCUT2D eigenvalue weighted by atomic mass is 35.5. The average molecular weight is 263 g/mol. The zero-order valence-electron chi connectivity index (χ0n) is 9.38. The van der Waals surface area contributed by atoms with Crippen molar-refractivity contribution in [1.29, 1.82) is 0 Å². The summed E-state index contributed by atoms with van der Waals surface area (Å²) < 4.78 is 5.66. The van der Waals surface area contributed by atoms with E-state index < -0.39 is 0 Å². The predicted octanol–water partition coefficient (Wildman–Crippen LogP) is 3.23. The van der Waals surface area contributed by atoms with E-state index in [9.17, 15) is 0 Å². The molecule has 0 unspecified atom stereocenters. The van der Waals surface area contributed by atoms with Gasteiger partial charge in [0.15, 0.2) is 5.84 Å². The quantitative estimate of drug-likeness (QED) is 0.386. The lowest BCUT2D eigenvalue weighted by atomic mass is 10.2. The number of para-hydroxylation sites is 1. The van der Waals surface area contributed by atoms with Gasteiger partial charge in [0.05, 0.1) is 10.6 Å². The Morgan fingerprint density at radius 2 is 1.83 bits per heavy atom. The molecule has 0 spiro atoms. The maximum Gasteiger partial charge on any atom is 0.175 e. The topological polar surface area (TPSA) is 67.8 Å². The molecule has 2 aromatic carbocycles. The summed E-state index contributed by atoms with van der Waals surface area (Å²) in [7, 11) is 0. The second-order valence-electron chi connectivity index (χ2n) is 3.51. The minimum absolute atomic E-state index is 0.0912. The van der Waals surface area contributed by atoms with Gasteiger partial charge in [0.2, 0.25) is 0 Å². The van der Waals surface area contributed by atoms with Gasteiger partial charge in [-0.3, -0.25) is 0 Å². The third kappa shape index (κ3) is 2.55. The van der Waals surface area contributed by atoms with Crippen LogP contribution in [0.4, 0.5) is 0 Å². The molecular formula is C13H11ClN2O2. The van der Waals surface area contributed by atoms with Crippen LogP contribution in [0, 0.1) is 0 Å². The number of ether oxygens (including phenoxy) is 1. The first kappa shape index (κ1) is 12.3. The number of nitrogens with zero attached hydrogens (tertiary/aromatic N) is 1. The van der Waals surface area contributed by atoms with Crippen LogP contribution in [0.25, 0.3) is 0 Å². The van der Waals surface area contributed by atoms with Crippen molar-refractivity contribution in [3.8, 4) is 11.5 Å². The largest absolute Gasteiger partial charge is 0.457 e. The summed E-state index contributed by atoms with van der Waals surface area (Å²) in [4.78, 5) is 0. The fraction of sp³-hybridized carbons (Fsp3) is 0. The SMILES string of the molecule is NC(=NO)c1c(Cl)cccc1Oc1ccccc1. The Morgan fingerprint density at radius 3 is 2.50 bits per heavy atom. The first-order valence-electron chi connectivity index (χ1n) is 5.21. The van der Waals surface area contributed by atoms with E-state index in [-0.39, 0.29) is 5.84 Å². The molecule has 0 bridgehead atoms. The van der Waals surface area contributed by atoms with Crippen molar-refractivity contribution in [2.75, 3.05) is 0 Å². The smallest absolute Gasteiger partial charge is 0.175 e. The Bertz CT molecular complexity index is 570. The van der Waals surface area contributed by atoms with Crippen LogP contribution in [-0.2, 0) is 0 Å². The Morgan fingerprint density at radius 1 is 1.11 bits per heavy atom. The summed E-state index contributed by atoms with van der Waals surface area (Å²) in [6, 6.07) is 14.3. The molecule has 0 aliphatic heterocycles. The highest BCUT2D eigenvalue weighted by Gasteiger charge is 2.13. The molecule has 0 saturated carbocycles. The predicted molar refractivity (Wildman–Crippen MR) is 70.5 cm³/mol. The summed E-state index contributed by atoms with van der Waals surface area (Å²) in [5, 5.41) is 12.1. The molecule has 18 heavy (non-hydrogen) atoms. The fourth-order valence-corrected chi connectivity index (χ4v) is 1.77. The van der Waals surface area contributed by atoms with E-state index in [4.69, 9.17) is 27.3 Å². The molecule has 0 radical (unpaired) electrons. The number of rotatable bonds is 3. The van der Waals surface area contributed by atoms with Crippen LogP contribution in [0.2, 0.25) is 5.02 Å². The van der Waals surface area contributed by atoms with Crippen molar-refractivity contribution in [3.05, 3.63) is 59.1 Å². The van der Waals surface area contributed by atoms with Crippen molar-refractivity contribution in [3.63, 3.8) is 0 Å². The highest BCUT2D eigenvalue weighted by molar-refractivity contribution is 6.34. The maximum atomic E-state index is 8.75. The first-order valence-corrected chi connectivity index (χ1v) is 5.59. The number of nitrogens with two attached hydrogens (primary N) is 1. The summed E-state index contributed by atoms with van der Waals surface area (Å²) in [6.07, 6.45) is 0. The van der Waals surface area contributed by atoms with Crippen LogP contribution in [0.5, 0.6) is 11.5 Å². The normalized spacial score (nSPS) is 11.3. The molecule has 0 amide bonds. The lowest BCUT2D eigenvalue weighted by Crippen LogP contribution is -2.14. The molecule has 5 heteroatoms. The zero-order valence-corrected chi connectivity index (χ0v) is 10.1. The minimum Gasteiger partial charge on any atom is -0.457 e. The zero-order chi connectivity index (χ0) is 13.0. The third-order valence-corrected chi connectivity index (χ3v) is 2.63. The van der Waals surface area contributed by atoms with Gasteiger partial charge in [0.25, 0.3) is 0 Å². The van der Waals surface area contributed by atoms with E-state index in [0.29, 0.717) is 22.1 Å². The van der Waals surface area contributed by atoms with E-state index >= 15 is 0 Å². The average Bonchev–Trinajstić information content (AvgIpc) is 2.39. The van der Waals surface area contributed by atoms with Gasteiger partial charge < -0.3 is 15.7 Å². The Balaban J connectivity index is 2.42. The number of benzene rings is 2. The van der Waals surface area contributed by atoms with Crippen molar-refractivity contribution >= 4 is 17.4 Å². The van der Waals surface area contributed by atoms with Crippen LogP contribution >= 0.6 is 11.6 Å². The standard InChI is InChI=1S/C13H11ClN2O2/c14-10-7-4-8-11(12(10)13(15)16-17)18-9-5-2-1-3-6-9/h1-8,17H,(H2,15,16). The molecule has 0 atom stereocenters. The van der Waals surface area contributed by atoms with E-state index in [1.54, 1.807) is 30.3 Å². The van der Waals surface area contributed by atoms with Gasteiger partial charge in [0, 0.05) is 0 Å². The van der Waals surface area contributed by atoms with Gasteiger partial charge in [-0.05, 0) is 24.3 Å². The molecule has 92 valence electrons. The maximum absolute atomic E-state index is 8.75. The molecule has 0 aromatic heterocycles. The second kappa shape index (κ2) is 5.42. The lowest BCUT2D eigenvalue weighted by molar-refractivity contribution is 0.318. The summed E-state index contributed by atoms with van der Waals surface area (Å²) in [5.74, 6) is 0.988. The molecule has 0 heterocycles. The van der Waals surface area contributed by atoms with Crippen molar-refractivity contribution < 1.29 is 9.94 Å². The van der Waals surface area contributed by atoms with Crippen molar-refractivity contribution in [2.24, 2.45) is 10.9 Å². The summed E-state index contributed by atoms with van der Waals surface area (Å²) >= 11 is 6.02. The van der Waals surface area contributed by atoms with E-state index in [1.807, 2.05) is 18.2 Å². The van der Waals surface area contributed by atoms with Crippen molar-refractivity contribution in [1.82, 2.24) is 0 Å². The number of hydrogen-bond donors (Lipinski definition) is 2. The molecule has 3 N–H and O–H groups in total. The number of oxime groups is 1. The summed E-state index contributed by atoms with van der Waals surface area (Å²) in [5.41, 5.74) is 5.95. The van der Waals surface area contributed by atoms with Gasteiger partial charge in [0.1, 0.15) is 11.5 Å². The van der Waals surface area contributed by atoms with Crippen LogP contribution in [0.15, 0.2) is 53.7 Å². The Hall–Kier alpha value is -2.20. The molecule has 2 rings (SSSR count). The number of halogens is 1. The van der Waals surface area contributed by atoms with Gasteiger partial charge in [-0.2, -0.15) is 0 Å². The van der Waals surface area contributed by atoms with Crippen LogP contribution in [-0.4, -0.2) is 11.0 Å². The van der Waals surface area contributed by atoms with Gasteiger partial charge >= 0.3 is 0 Å². The minimum atomic E-state index is -0.0912. The highest BCUT2D eigenvalue weighted by Crippen LogP contribution is 2.30. The molecule has 0 saturated heterocycles. The van der Waals surface area contributed by atoms with Crippen LogP contribution in [0.3, 0.4) is 0 Å². The van der Waals surface area contributed by atoms with Gasteiger partial charge in [-0.25, -0.2) is 0 Å². The van der Waals surface area contributed by atoms with Crippen LogP contribution in [0.1, 0.15) is 5.56 Å². The molecule has 4 nitrogen and oxygen atoms in total. The monoisotopic (exact) mass is 262 g/mol. The molecule has 0 aliphatic rings. The third-order valence-electron chi connectivity index (χ3n) is 2.31. The molecule has 2 aromatic rings. The molecule has 0 aliphatic carbocycles. The fourth-order valence-electron chi connectivity index (χ4n) is 1.50. The van der Waals surface area contributed by atoms with Gasteiger partial charge in [-0.1, -0.05) is 41.0 Å². The molecule has 0 fully saturated rings.